The summed E-state index contributed by atoms with van der Waals surface area (Å²) in [6.07, 6.45) is 5.44. The van der Waals surface area contributed by atoms with Crippen molar-refractivity contribution in [2.24, 2.45) is 5.92 Å². The van der Waals surface area contributed by atoms with Gasteiger partial charge in [-0.1, -0.05) is 6.92 Å². The van der Waals surface area contributed by atoms with Gasteiger partial charge in [0.1, 0.15) is 0 Å². The second-order valence-electron chi connectivity index (χ2n) is 6.85. The number of thiazole rings is 1. The molecule has 0 bridgehead atoms. The highest BCUT2D eigenvalue weighted by Gasteiger charge is 2.28. The molecule has 0 aliphatic carbocycles. The summed E-state index contributed by atoms with van der Waals surface area (Å²) in [5, 5.41) is 0. The predicted molar refractivity (Wildman–Crippen MR) is 101 cm³/mol. The Morgan fingerprint density at radius 2 is 2.32 bits per heavy atom. The number of hydrogen-bond acceptors (Lipinski definition) is 5. The van der Waals surface area contributed by atoms with Crippen LogP contribution in [-0.2, 0) is 13.0 Å². The molecule has 0 saturated carbocycles. The molecule has 1 aliphatic heterocycles. The predicted octanol–water partition coefficient (Wildman–Crippen LogP) is 3.00. The molecular formula is C19H26N4OS. The van der Waals surface area contributed by atoms with E-state index in [1.54, 1.807) is 17.5 Å². The van der Waals surface area contributed by atoms with Crippen molar-refractivity contribution in [1.82, 2.24) is 19.8 Å². The summed E-state index contributed by atoms with van der Waals surface area (Å²) in [6.45, 7) is 7.77. The number of aryl methyl sites for hydroxylation is 2. The van der Waals surface area contributed by atoms with Crippen LogP contribution in [0.25, 0.3) is 0 Å². The van der Waals surface area contributed by atoms with Gasteiger partial charge in [0.25, 0.3) is 5.91 Å². The average Bonchev–Trinajstić information content (AvgIpc) is 3.24. The van der Waals surface area contributed by atoms with Crippen LogP contribution in [0.2, 0.25) is 0 Å². The molecule has 25 heavy (non-hydrogen) atoms. The third kappa shape index (κ3) is 4.25. The van der Waals surface area contributed by atoms with Crippen molar-refractivity contribution in [1.29, 1.82) is 0 Å². The summed E-state index contributed by atoms with van der Waals surface area (Å²) in [4.78, 5) is 27.0. The lowest BCUT2D eigenvalue weighted by atomic mass is 10.1. The molecule has 0 radical (unpaired) electrons. The van der Waals surface area contributed by atoms with Crippen LogP contribution in [-0.4, -0.2) is 52.4 Å². The van der Waals surface area contributed by atoms with Gasteiger partial charge in [-0.2, -0.15) is 0 Å². The van der Waals surface area contributed by atoms with Gasteiger partial charge in [0.15, 0.2) is 0 Å². The third-order valence-corrected chi connectivity index (χ3v) is 5.84. The van der Waals surface area contributed by atoms with Gasteiger partial charge in [-0.25, -0.2) is 4.98 Å². The summed E-state index contributed by atoms with van der Waals surface area (Å²) in [5.74, 6) is 0.691. The molecule has 1 aliphatic rings. The van der Waals surface area contributed by atoms with Crippen molar-refractivity contribution in [2.75, 3.05) is 26.7 Å². The number of rotatable bonds is 6. The molecule has 1 atom stereocenters. The van der Waals surface area contributed by atoms with Gasteiger partial charge in [0.2, 0.25) is 0 Å². The number of nitrogens with zero attached hydrogens (tertiary/aromatic N) is 4. The number of likely N-dealkylation sites (tertiary alicyclic amines) is 1. The second-order valence-corrected chi connectivity index (χ2v) is 7.79. The number of amides is 1. The van der Waals surface area contributed by atoms with E-state index < -0.39 is 0 Å². The molecule has 0 aromatic carbocycles. The minimum absolute atomic E-state index is 0.155. The average molecular weight is 359 g/mol. The molecule has 2 aromatic heterocycles. The van der Waals surface area contributed by atoms with Crippen LogP contribution in [0.1, 0.15) is 39.8 Å². The summed E-state index contributed by atoms with van der Waals surface area (Å²) < 4.78 is 0. The molecule has 5 nitrogen and oxygen atoms in total. The number of carbonyl (C=O) groups excluding carboxylic acids is 1. The SMILES string of the molecule is CCc1cnccc1C(=O)N1CC[C@@H](CN(C)Cc2scnc2C)C1. The third-order valence-electron chi connectivity index (χ3n) is 4.92. The van der Waals surface area contributed by atoms with E-state index in [1.165, 1.54) is 4.88 Å². The van der Waals surface area contributed by atoms with Crippen LogP contribution >= 0.6 is 11.3 Å². The number of pyridine rings is 1. The van der Waals surface area contributed by atoms with Gasteiger partial charge >= 0.3 is 0 Å². The lowest BCUT2D eigenvalue weighted by Gasteiger charge is -2.22. The zero-order valence-corrected chi connectivity index (χ0v) is 16.1. The van der Waals surface area contributed by atoms with Crippen molar-refractivity contribution in [3.05, 3.63) is 45.7 Å². The van der Waals surface area contributed by atoms with E-state index in [0.717, 1.165) is 55.8 Å². The zero-order valence-electron chi connectivity index (χ0n) is 15.2. The minimum atomic E-state index is 0.155. The standard InChI is InChI=1S/C19H26N4OS/c1-4-16-9-20-7-5-17(16)19(24)23-8-6-15(11-23)10-22(3)12-18-14(2)21-13-25-18/h5,7,9,13,15H,4,6,8,10-12H2,1-3H3/t15-/m0/s1. The quantitative estimate of drug-likeness (QED) is 0.796. The Morgan fingerprint density at radius 3 is 3.04 bits per heavy atom. The number of aromatic nitrogens is 2. The van der Waals surface area contributed by atoms with Gasteiger partial charge in [-0.3, -0.25) is 9.78 Å². The fourth-order valence-corrected chi connectivity index (χ4v) is 4.34. The maximum absolute atomic E-state index is 12.8. The molecule has 0 N–H and O–H groups in total. The zero-order chi connectivity index (χ0) is 17.8. The highest BCUT2D eigenvalue weighted by atomic mass is 32.1. The topological polar surface area (TPSA) is 49.3 Å². The van der Waals surface area contributed by atoms with Gasteiger partial charge in [0, 0.05) is 49.0 Å². The van der Waals surface area contributed by atoms with E-state index in [1.807, 2.05) is 22.7 Å². The molecule has 2 aromatic rings. The molecular weight excluding hydrogens is 332 g/mol. The second kappa shape index (κ2) is 8.06. The first-order chi connectivity index (χ1) is 12.1. The van der Waals surface area contributed by atoms with Crippen molar-refractivity contribution in [3.8, 4) is 0 Å². The number of carbonyl (C=O) groups is 1. The van der Waals surface area contributed by atoms with Crippen LogP contribution in [0, 0.1) is 12.8 Å². The van der Waals surface area contributed by atoms with Crippen LogP contribution in [0.5, 0.6) is 0 Å². The maximum atomic E-state index is 12.8. The summed E-state index contributed by atoms with van der Waals surface area (Å²) in [7, 11) is 2.15. The first-order valence-corrected chi connectivity index (χ1v) is 9.76. The highest BCUT2D eigenvalue weighted by molar-refractivity contribution is 7.09. The summed E-state index contributed by atoms with van der Waals surface area (Å²) >= 11 is 1.72. The van der Waals surface area contributed by atoms with E-state index in [9.17, 15) is 4.79 Å². The van der Waals surface area contributed by atoms with Gasteiger partial charge < -0.3 is 9.80 Å². The Labute approximate surface area is 153 Å². The Kier molecular flexibility index (Phi) is 5.81. The van der Waals surface area contributed by atoms with Crippen molar-refractivity contribution < 1.29 is 4.79 Å². The molecule has 0 spiro atoms. The van der Waals surface area contributed by atoms with Gasteiger partial charge in [-0.15, -0.1) is 11.3 Å². The molecule has 0 unspecified atom stereocenters. The first kappa shape index (κ1) is 18.0. The summed E-state index contributed by atoms with van der Waals surface area (Å²) in [5.41, 5.74) is 4.89. The Morgan fingerprint density at radius 1 is 1.48 bits per heavy atom. The van der Waals surface area contributed by atoms with Gasteiger partial charge in [0.05, 0.1) is 11.2 Å². The molecule has 1 amide bonds. The monoisotopic (exact) mass is 358 g/mol. The van der Waals surface area contributed by atoms with E-state index in [0.29, 0.717) is 5.92 Å². The fourth-order valence-electron chi connectivity index (χ4n) is 3.48. The molecule has 3 heterocycles. The largest absolute Gasteiger partial charge is 0.338 e. The number of hydrogen-bond donors (Lipinski definition) is 0. The molecule has 6 heteroatoms. The van der Waals surface area contributed by atoms with Crippen molar-refractivity contribution >= 4 is 17.2 Å². The normalized spacial score (nSPS) is 17.4. The molecule has 1 fully saturated rings. The van der Waals surface area contributed by atoms with Crippen LogP contribution in [0.4, 0.5) is 0 Å². The van der Waals surface area contributed by atoms with Crippen molar-refractivity contribution in [3.63, 3.8) is 0 Å². The highest BCUT2D eigenvalue weighted by Crippen LogP contribution is 2.22. The lowest BCUT2D eigenvalue weighted by Crippen LogP contribution is -2.32. The lowest BCUT2D eigenvalue weighted by molar-refractivity contribution is 0.0783. The Hall–Kier alpha value is -1.79. The molecule has 3 rings (SSSR count). The smallest absolute Gasteiger partial charge is 0.254 e. The maximum Gasteiger partial charge on any atom is 0.254 e. The van der Waals surface area contributed by atoms with Crippen molar-refractivity contribution in [2.45, 2.75) is 33.2 Å². The fraction of sp³-hybridized carbons (Fsp3) is 0.526. The van der Waals surface area contributed by atoms with E-state index in [2.05, 4.69) is 35.8 Å². The van der Waals surface area contributed by atoms with Crippen LogP contribution in [0.3, 0.4) is 0 Å². The van der Waals surface area contributed by atoms with Crippen LogP contribution < -0.4 is 0 Å². The minimum Gasteiger partial charge on any atom is -0.338 e. The van der Waals surface area contributed by atoms with E-state index in [-0.39, 0.29) is 5.91 Å². The van der Waals surface area contributed by atoms with E-state index >= 15 is 0 Å². The van der Waals surface area contributed by atoms with E-state index in [4.69, 9.17) is 0 Å². The first-order valence-electron chi connectivity index (χ1n) is 8.88. The van der Waals surface area contributed by atoms with Crippen LogP contribution in [0.15, 0.2) is 24.0 Å². The van der Waals surface area contributed by atoms with Gasteiger partial charge in [-0.05, 0) is 44.4 Å². The Bertz CT molecular complexity index is 730. The Balaban J connectivity index is 1.56. The summed E-state index contributed by atoms with van der Waals surface area (Å²) in [6, 6.07) is 1.85. The molecule has 1 saturated heterocycles. The molecule has 134 valence electrons.